The van der Waals surface area contributed by atoms with Crippen molar-refractivity contribution in [1.29, 1.82) is 0 Å². The summed E-state index contributed by atoms with van der Waals surface area (Å²) < 4.78 is 4.60. The third-order valence-corrected chi connectivity index (χ3v) is 1.55. The lowest BCUT2D eigenvalue weighted by Crippen LogP contribution is -1.86. The fraction of sp³-hybridized carbons (Fsp3) is 0.111. The molecular formula is C9H13O3P. The lowest BCUT2D eigenvalue weighted by atomic mass is 10.2. The lowest BCUT2D eigenvalue weighted by molar-refractivity contribution is 0.246. The molecule has 0 atom stereocenters. The molecule has 0 aliphatic rings. The third-order valence-electron chi connectivity index (χ3n) is 1.19. The van der Waals surface area contributed by atoms with Crippen LogP contribution in [0.3, 0.4) is 0 Å². The molecular weight excluding hydrogens is 187 g/mol. The van der Waals surface area contributed by atoms with E-state index in [4.69, 9.17) is 9.79 Å². The summed E-state index contributed by atoms with van der Waals surface area (Å²) in [4.78, 5) is 16.8. The molecule has 0 aromatic heterocycles. The highest BCUT2D eigenvalue weighted by Crippen LogP contribution is 2.25. The second-order valence-electron chi connectivity index (χ2n) is 2.01. The van der Waals surface area contributed by atoms with E-state index >= 15 is 0 Å². The second-order valence-corrected chi connectivity index (χ2v) is 2.78. The van der Waals surface area contributed by atoms with Crippen molar-refractivity contribution in [2.45, 2.75) is 6.61 Å². The summed E-state index contributed by atoms with van der Waals surface area (Å²) in [5, 5.41) is 0. The zero-order chi connectivity index (χ0) is 10.1. The Hall–Kier alpha value is -0.730. The molecule has 0 unspecified atom stereocenters. The van der Waals surface area contributed by atoms with E-state index in [-0.39, 0.29) is 6.61 Å². The molecule has 0 saturated carbocycles. The fourth-order valence-electron chi connectivity index (χ4n) is 0.707. The van der Waals surface area contributed by atoms with Gasteiger partial charge >= 0.3 is 8.60 Å². The van der Waals surface area contributed by atoms with E-state index in [1.165, 1.54) is 0 Å². The highest BCUT2D eigenvalue weighted by Gasteiger charge is 1.98. The van der Waals surface area contributed by atoms with E-state index in [2.05, 4.69) is 17.7 Å². The summed E-state index contributed by atoms with van der Waals surface area (Å²) in [6.45, 7) is 6.25. The Labute approximate surface area is 79.3 Å². The standard InChI is InChI=1S/C7H9O3P.C2H4/c8-11(9)10-6-7-4-2-1-3-5-7;1-2/h1-5,8-9H,6H2;1-2H2. The number of hydrogen-bond donors (Lipinski definition) is 2. The van der Waals surface area contributed by atoms with Gasteiger partial charge in [-0.15, -0.1) is 13.2 Å². The molecule has 4 heteroatoms. The Morgan fingerprint density at radius 3 is 2.15 bits per heavy atom. The number of benzene rings is 1. The third kappa shape index (κ3) is 6.43. The van der Waals surface area contributed by atoms with E-state index in [9.17, 15) is 0 Å². The first-order valence-corrected chi connectivity index (χ1v) is 4.80. The van der Waals surface area contributed by atoms with E-state index in [1.807, 2.05) is 30.3 Å². The average Bonchev–Trinajstić information content (AvgIpc) is 2.19. The first kappa shape index (κ1) is 12.3. The van der Waals surface area contributed by atoms with Crippen molar-refractivity contribution in [3.05, 3.63) is 49.1 Å². The molecule has 2 N–H and O–H groups in total. The topological polar surface area (TPSA) is 49.7 Å². The molecule has 0 aliphatic heterocycles. The summed E-state index contributed by atoms with van der Waals surface area (Å²) in [5.74, 6) is 0. The normalized spacial score (nSPS) is 9.15. The fourth-order valence-corrected chi connectivity index (χ4v) is 0.971. The quantitative estimate of drug-likeness (QED) is 0.581. The van der Waals surface area contributed by atoms with Crippen LogP contribution in [0.25, 0.3) is 0 Å². The molecule has 0 aliphatic carbocycles. The minimum absolute atomic E-state index is 0.250. The van der Waals surface area contributed by atoms with Gasteiger partial charge < -0.3 is 14.3 Å². The lowest BCUT2D eigenvalue weighted by Gasteiger charge is -2.02. The Morgan fingerprint density at radius 2 is 1.69 bits per heavy atom. The maximum absolute atomic E-state index is 8.41. The predicted molar refractivity (Wildman–Crippen MR) is 53.8 cm³/mol. The molecule has 0 saturated heterocycles. The van der Waals surface area contributed by atoms with Crippen molar-refractivity contribution in [3.63, 3.8) is 0 Å². The second kappa shape index (κ2) is 7.90. The zero-order valence-electron chi connectivity index (χ0n) is 7.26. The molecule has 0 radical (unpaired) electrons. The number of hydrogen-bond acceptors (Lipinski definition) is 3. The molecule has 72 valence electrons. The van der Waals surface area contributed by atoms with Gasteiger partial charge in [-0.3, -0.25) is 0 Å². The van der Waals surface area contributed by atoms with Gasteiger partial charge in [-0.25, -0.2) is 0 Å². The molecule has 3 nitrogen and oxygen atoms in total. The zero-order valence-corrected chi connectivity index (χ0v) is 8.15. The molecule has 1 rings (SSSR count). The monoisotopic (exact) mass is 200 g/mol. The van der Waals surface area contributed by atoms with Gasteiger partial charge in [-0.2, -0.15) is 0 Å². The maximum Gasteiger partial charge on any atom is 0.327 e. The summed E-state index contributed by atoms with van der Waals surface area (Å²) in [7, 11) is -2.22. The van der Waals surface area contributed by atoms with Crippen molar-refractivity contribution < 1.29 is 14.3 Å². The van der Waals surface area contributed by atoms with Crippen molar-refractivity contribution in [3.8, 4) is 0 Å². The average molecular weight is 200 g/mol. The first-order chi connectivity index (χ1) is 6.29. The van der Waals surface area contributed by atoms with Gasteiger partial charge in [0.2, 0.25) is 0 Å². The van der Waals surface area contributed by atoms with Crippen LogP contribution in [0, 0.1) is 0 Å². The van der Waals surface area contributed by atoms with Crippen LogP contribution in [0.1, 0.15) is 5.56 Å². The van der Waals surface area contributed by atoms with E-state index in [1.54, 1.807) is 0 Å². The molecule has 1 aromatic rings. The van der Waals surface area contributed by atoms with Gasteiger partial charge in [0.25, 0.3) is 0 Å². The molecule has 0 fully saturated rings. The molecule has 0 bridgehead atoms. The van der Waals surface area contributed by atoms with Crippen LogP contribution >= 0.6 is 8.60 Å². The first-order valence-electron chi connectivity index (χ1n) is 3.64. The smallest absolute Gasteiger partial charge is 0.327 e. The van der Waals surface area contributed by atoms with Gasteiger partial charge in [0, 0.05) is 0 Å². The summed E-state index contributed by atoms with van der Waals surface area (Å²) in [5.41, 5.74) is 0.933. The van der Waals surface area contributed by atoms with Crippen LogP contribution in [-0.2, 0) is 11.1 Å². The van der Waals surface area contributed by atoms with Crippen LogP contribution in [0.15, 0.2) is 43.5 Å². The van der Waals surface area contributed by atoms with Crippen LogP contribution in [0.4, 0.5) is 0 Å². The van der Waals surface area contributed by atoms with Crippen molar-refractivity contribution in [2.24, 2.45) is 0 Å². The highest BCUT2D eigenvalue weighted by atomic mass is 31.2. The van der Waals surface area contributed by atoms with Crippen LogP contribution in [0.2, 0.25) is 0 Å². The highest BCUT2D eigenvalue weighted by molar-refractivity contribution is 7.39. The number of rotatable bonds is 3. The van der Waals surface area contributed by atoms with E-state index in [0.717, 1.165) is 5.56 Å². The van der Waals surface area contributed by atoms with Gasteiger partial charge in [-0.05, 0) is 5.56 Å². The summed E-state index contributed by atoms with van der Waals surface area (Å²) in [6.07, 6.45) is 0. The minimum Gasteiger partial charge on any atom is -0.328 e. The molecule has 0 heterocycles. The maximum atomic E-state index is 8.41. The molecule has 1 aromatic carbocycles. The van der Waals surface area contributed by atoms with Gasteiger partial charge in [-0.1, -0.05) is 30.3 Å². The van der Waals surface area contributed by atoms with Gasteiger partial charge in [0.05, 0.1) is 6.61 Å². The van der Waals surface area contributed by atoms with Crippen molar-refractivity contribution >= 4 is 8.60 Å². The minimum atomic E-state index is -2.22. The summed E-state index contributed by atoms with van der Waals surface area (Å²) >= 11 is 0. The molecule has 0 amide bonds. The molecule has 13 heavy (non-hydrogen) atoms. The van der Waals surface area contributed by atoms with E-state index in [0.29, 0.717) is 0 Å². The Kier molecular flexibility index (Phi) is 7.45. The van der Waals surface area contributed by atoms with Gasteiger partial charge in [0.1, 0.15) is 0 Å². The SMILES string of the molecule is C=C.OP(O)OCc1ccccc1. The predicted octanol–water partition coefficient (Wildman–Crippen LogP) is 2.22. The van der Waals surface area contributed by atoms with Crippen LogP contribution in [-0.4, -0.2) is 9.79 Å². The Bertz CT molecular complexity index is 213. The largest absolute Gasteiger partial charge is 0.328 e. The van der Waals surface area contributed by atoms with Crippen molar-refractivity contribution in [1.82, 2.24) is 0 Å². The van der Waals surface area contributed by atoms with E-state index < -0.39 is 8.60 Å². The Balaban J connectivity index is 0.000000671. The van der Waals surface area contributed by atoms with Crippen LogP contribution < -0.4 is 0 Å². The van der Waals surface area contributed by atoms with Crippen LogP contribution in [0.5, 0.6) is 0 Å². The Morgan fingerprint density at radius 1 is 1.15 bits per heavy atom. The van der Waals surface area contributed by atoms with Gasteiger partial charge in [0.15, 0.2) is 0 Å². The summed E-state index contributed by atoms with van der Waals surface area (Å²) in [6, 6.07) is 9.35. The van der Waals surface area contributed by atoms with Crippen molar-refractivity contribution in [2.75, 3.05) is 0 Å². The molecule has 0 spiro atoms.